The van der Waals surface area contributed by atoms with E-state index in [2.05, 4.69) is 5.32 Å². The third kappa shape index (κ3) is 5.17. The predicted molar refractivity (Wildman–Crippen MR) is 91.6 cm³/mol. The van der Waals surface area contributed by atoms with Crippen LogP contribution in [0.25, 0.3) is 0 Å². The monoisotopic (exact) mass is 411 g/mol. The number of nitrogens with one attached hydrogen (secondary N) is 1. The molecule has 0 heterocycles. The Kier molecular flexibility index (Phi) is 6.08. The largest absolute Gasteiger partial charge is 0.479 e. The van der Waals surface area contributed by atoms with Crippen LogP contribution in [0.15, 0.2) is 36.4 Å². The van der Waals surface area contributed by atoms with Crippen molar-refractivity contribution in [3.63, 3.8) is 0 Å². The van der Waals surface area contributed by atoms with E-state index in [4.69, 9.17) is 39.5 Å². The van der Waals surface area contributed by atoms with Crippen molar-refractivity contribution >= 4 is 46.4 Å². The molecule has 2 aromatic rings. The highest BCUT2D eigenvalue weighted by molar-refractivity contribution is 6.35. The lowest BCUT2D eigenvalue weighted by Crippen LogP contribution is -2.31. The Bertz CT molecular complexity index is 797. The van der Waals surface area contributed by atoms with Crippen LogP contribution in [0.3, 0.4) is 0 Å². The molecular formula is C16H11Cl3F3NO2. The quantitative estimate of drug-likeness (QED) is 0.662. The van der Waals surface area contributed by atoms with Crippen molar-refractivity contribution < 1.29 is 22.7 Å². The van der Waals surface area contributed by atoms with Crippen LogP contribution in [0, 0.1) is 0 Å². The minimum absolute atomic E-state index is 0.0948. The minimum Gasteiger partial charge on any atom is -0.479 e. The number of carbonyl (C=O) groups excluding carboxylic acids is 1. The second kappa shape index (κ2) is 7.72. The maximum atomic E-state index is 13.0. The number of hydrogen-bond donors (Lipinski definition) is 1. The molecule has 1 unspecified atom stereocenters. The molecule has 0 aliphatic heterocycles. The second-order valence-corrected chi connectivity index (χ2v) is 6.29. The Hall–Kier alpha value is -1.63. The number of anilines is 1. The number of benzene rings is 2. The van der Waals surface area contributed by atoms with Gasteiger partial charge in [0.15, 0.2) is 6.10 Å². The van der Waals surface area contributed by atoms with Gasteiger partial charge in [-0.1, -0.05) is 34.8 Å². The molecule has 134 valence electrons. The highest BCUT2D eigenvalue weighted by Crippen LogP contribution is 2.36. The van der Waals surface area contributed by atoms with E-state index in [1.165, 1.54) is 31.2 Å². The second-order valence-electron chi connectivity index (χ2n) is 5.01. The van der Waals surface area contributed by atoms with Crippen LogP contribution >= 0.6 is 34.8 Å². The Balaban J connectivity index is 2.16. The van der Waals surface area contributed by atoms with E-state index in [0.717, 1.165) is 12.1 Å². The van der Waals surface area contributed by atoms with Gasteiger partial charge in [0.05, 0.1) is 16.3 Å². The summed E-state index contributed by atoms with van der Waals surface area (Å²) in [7, 11) is 0. The van der Waals surface area contributed by atoms with Gasteiger partial charge in [0.2, 0.25) is 0 Å². The lowest BCUT2D eigenvalue weighted by molar-refractivity contribution is -0.137. The summed E-state index contributed by atoms with van der Waals surface area (Å²) >= 11 is 17.3. The summed E-state index contributed by atoms with van der Waals surface area (Å²) in [6.45, 7) is 1.38. The molecule has 1 amide bonds. The summed E-state index contributed by atoms with van der Waals surface area (Å²) in [5.74, 6) is -0.597. The average molecular weight is 413 g/mol. The van der Waals surface area contributed by atoms with Gasteiger partial charge in [0.1, 0.15) is 5.75 Å². The molecule has 0 saturated carbocycles. The van der Waals surface area contributed by atoms with E-state index >= 15 is 0 Å². The first-order valence-corrected chi connectivity index (χ1v) is 8.00. The zero-order valence-electron chi connectivity index (χ0n) is 12.6. The van der Waals surface area contributed by atoms with Gasteiger partial charge in [-0.05, 0) is 43.3 Å². The zero-order valence-corrected chi connectivity index (χ0v) is 14.9. The number of carbonyl (C=O) groups is 1. The van der Waals surface area contributed by atoms with Crippen molar-refractivity contribution in [3.05, 3.63) is 57.0 Å². The third-order valence-electron chi connectivity index (χ3n) is 3.11. The molecule has 0 aliphatic rings. The molecule has 0 bridgehead atoms. The maximum absolute atomic E-state index is 13.0. The minimum atomic E-state index is -4.67. The molecule has 2 rings (SSSR count). The summed E-state index contributed by atoms with van der Waals surface area (Å²) < 4.78 is 44.5. The first-order chi connectivity index (χ1) is 11.6. The predicted octanol–water partition coefficient (Wildman–Crippen LogP) is 6.07. The molecule has 1 atom stereocenters. The molecule has 25 heavy (non-hydrogen) atoms. The van der Waals surface area contributed by atoms with Gasteiger partial charge in [-0.3, -0.25) is 4.79 Å². The van der Waals surface area contributed by atoms with Crippen molar-refractivity contribution in [1.82, 2.24) is 0 Å². The molecule has 0 spiro atoms. The van der Waals surface area contributed by atoms with Crippen LogP contribution in [0.4, 0.5) is 18.9 Å². The molecule has 9 heteroatoms. The summed E-state index contributed by atoms with van der Waals surface area (Å²) in [6.07, 6.45) is -5.77. The number of alkyl halides is 3. The third-order valence-corrected chi connectivity index (χ3v) is 3.88. The van der Waals surface area contributed by atoms with Crippen LogP contribution in [0.5, 0.6) is 5.75 Å². The highest BCUT2D eigenvalue weighted by Gasteiger charge is 2.34. The van der Waals surface area contributed by atoms with Crippen LogP contribution in [0.1, 0.15) is 12.5 Å². The standard InChI is InChI=1S/C16H11Cl3F3NO2/c1-8(25-14-5-3-10(18)7-12(14)19)15(24)23-13-4-2-9(17)6-11(13)16(20,21)22/h2-8H,1H3,(H,23,24). The van der Waals surface area contributed by atoms with E-state index < -0.39 is 29.4 Å². The molecule has 0 aliphatic carbocycles. The van der Waals surface area contributed by atoms with Gasteiger partial charge < -0.3 is 10.1 Å². The summed E-state index contributed by atoms with van der Waals surface area (Å²) in [5.41, 5.74) is -1.47. The highest BCUT2D eigenvalue weighted by atomic mass is 35.5. The molecule has 2 aromatic carbocycles. The van der Waals surface area contributed by atoms with Gasteiger partial charge in [0.25, 0.3) is 5.91 Å². The average Bonchev–Trinajstić information content (AvgIpc) is 2.50. The van der Waals surface area contributed by atoms with Crippen LogP contribution < -0.4 is 10.1 Å². The molecule has 0 fully saturated rings. The van der Waals surface area contributed by atoms with Gasteiger partial charge >= 0.3 is 6.18 Å². The van der Waals surface area contributed by atoms with Crippen molar-refractivity contribution in [2.24, 2.45) is 0 Å². The van der Waals surface area contributed by atoms with E-state index in [-0.39, 0.29) is 15.8 Å². The molecule has 1 N–H and O–H groups in total. The zero-order chi connectivity index (χ0) is 18.8. The van der Waals surface area contributed by atoms with E-state index in [1.54, 1.807) is 0 Å². The van der Waals surface area contributed by atoms with Gasteiger partial charge in [0, 0.05) is 10.0 Å². The van der Waals surface area contributed by atoms with Gasteiger partial charge in [-0.2, -0.15) is 13.2 Å². The van der Waals surface area contributed by atoms with E-state index in [1.807, 2.05) is 0 Å². The topological polar surface area (TPSA) is 38.3 Å². The fourth-order valence-electron chi connectivity index (χ4n) is 1.91. The van der Waals surface area contributed by atoms with Crippen molar-refractivity contribution in [2.75, 3.05) is 5.32 Å². The lowest BCUT2D eigenvalue weighted by Gasteiger charge is -2.18. The van der Waals surface area contributed by atoms with Crippen molar-refractivity contribution in [3.8, 4) is 5.75 Å². The number of ether oxygens (including phenoxy) is 1. The Morgan fingerprint density at radius 2 is 1.68 bits per heavy atom. The van der Waals surface area contributed by atoms with E-state index in [0.29, 0.717) is 5.02 Å². The fraction of sp³-hybridized carbons (Fsp3) is 0.188. The first-order valence-electron chi connectivity index (χ1n) is 6.87. The first kappa shape index (κ1) is 19.7. The van der Waals surface area contributed by atoms with Crippen molar-refractivity contribution in [1.29, 1.82) is 0 Å². The normalized spacial score (nSPS) is 12.6. The Morgan fingerprint density at radius 1 is 1.08 bits per heavy atom. The van der Waals surface area contributed by atoms with Crippen LogP contribution in [-0.4, -0.2) is 12.0 Å². The molecule has 3 nitrogen and oxygen atoms in total. The number of amides is 1. The van der Waals surface area contributed by atoms with Crippen LogP contribution in [0.2, 0.25) is 15.1 Å². The summed E-state index contributed by atoms with van der Waals surface area (Å²) in [6, 6.07) is 7.44. The number of rotatable bonds is 4. The van der Waals surface area contributed by atoms with Gasteiger partial charge in [-0.15, -0.1) is 0 Å². The molecule has 0 saturated heterocycles. The Morgan fingerprint density at radius 3 is 2.28 bits per heavy atom. The SMILES string of the molecule is CC(Oc1ccc(Cl)cc1Cl)C(=O)Nc1ccc(Cl)cc1C(F)(F)F. The number of halogens is 6. The molecule has 0 aromatic heterocycles. The van der Waals surface area contributed by atoms with E-state index in [9.17, 15) is 18.0 Å². The molecular weight excluding hydrogens is 402 g/mol. The summed E-state index contributed by atoms with van der Waals surface area (Å²) in [4.78, 5) is 12.2. The van der Waals surface area contributed by atoms with Crippen molar-refractivity contribution in [2.45, 2.75) is 19.2 Å². The number of hydrogen-bond acceptors (Lipinski definition) is 2. The van der Waals surface area contributed by atoms with Crippen LogP contribution in [-0.2, 0) is 11.0 Å². The summed E-state index contributed by atoms with van der Waals surface area (Å²) in [5, 5.41) is 2.64. The molecule has 0 radical (unpaired) electrons. The smallest absolute Gasteiger partial charge is 0.418 e. The maximum Gasteiger partial charge on any atom is 0.418 e. The Labute approximate surface area is 156 Å². The lowest BCUT2D eigenvalue weighted by atomic mass is 10.1. The van der Waals surface area contributed by atoms with Gasteiger partial charge in [-0.25, -0.2) is 0 Å². The fourth-order valence-corrected chi connectivity index (χ4v) is 2.53.